The number of ether oxygens (including phenoxy) is 3. The van der Waals surface area contributed by atoms with Crippen LogP contribution in [0.15, 0.2) is 18.3 Å². The first-order valence-electron chi connectivity index (χ1n) is 12.1. The first-order valence-corrected chi connectivity index (χ1v) is 12.1. The normalized spacial score (nSPS) is 19.9. The molecule has 0 aliphatic carbocycles. The number of amides is 2. The summed E-state index contributed by atoms with van der Waals surface area (Å²) in [5.74, 6) is 0.324. The molecule has 3 heterocycles. The number of fused-ring (bicyclic) bond motifs is 1. The maximum atomic E-state index is 12.8. The highest BCUT2D eigenvalue weighted by atomic mass is 16.6. The van der Waals surface area contributed by atoms with Gasteiger partial charge in [-0.1, -0.05) is 0 Å². The third-order valence-electron chi connectivity index (χ3n) is 6.34. The number of rotatable bonds is 5. The molecule has 2 fully saturated rings. The van der Waals surface area contributed by atoms with Crippen LogP contribution in [0, 0.1) is 12.8 Å². The number of carbonyl (C=O) groups excluding carboxylic acids is 2. The summed E-state index contributed by atoms with van der Waals surface area (Å²) in [5, 5.41) is 8.68. The van der Waals surface area contributed by atoms with E-state index in [4.69, 9.17) is 19.3 Å². The summed E-state index contributed by atoms with van der Waals surface area (Å²) in [5.41, 5.74) is 1.97. The van der Waals surface area contributed by atoms with Crippen molar-refractivity contribution in [2.45, 2.75) is 58.8 Å². The summed E-state index contributed by atoms with van der Waals surface area (Å²) < 4.78 is 18.5. The molecule has 1 atom stereocenters. The lowest BCUT2D eigenvalue weighted by Gasteiger charge is -2.33. The van der Waals surface area contributed by atoms with E-state index in [1.54, 1.807) is 4.90 Å². The number of likely N-dealkylation sites (tertiary alicyclic amines) is 1. The largest absolute Gasteiger partial charge is 0.444 e. The Morgan fingerprint density at radius 3 is 2.65 bits per heavy atom. The van der Waals surface area contributed by atoms with E-state index in [1.807, 2.05) is 50.7 Å². The third kappa shape index (κ3) is 6.07. The van der Waals surface area contributed by atoms with Crippen LogP contribution < -0.4 is 5.32 Å². The van der Waals surface area contributed by atoms with Crippen LogP contribution in [0.2, 0.25) is 0 Å². The molecule has 34 heavy (non-hydrogen) atoms. The number of nitrogens with zero attached hydrogens (tertiary/aromatic N) is 3. The van der Waals surface area contributed by atoms with Crippen molar-refractivity contribution >= 4 is 22.9 Å². The lowest BCUT2D eigenvalue weighted by molar-refractivity contribution is -0.0855. The zero-order valence-corrected chi connectivity index (χ0v) is 20.6. The first-order chi connectivity index (χ1) is 16.2. The second-order valence-electron chi connectivity index (χ2n) is 10.2. The lowest BCUT2D eigenvalue weighted by atomic mass is 9.97. The monoisotopic (exact) mass is 472 g/mol. The Hall–Kier alpha value is -2.65. The summed E-state index contributed by atoms with van der Waals surface area (Å²) in [7, 11) is 0. The molecule has 2 aromatic rings. The highest BCUT2D eigenvalue weighted by Gasteiger charge is 2.27. The standard InChI is InChI=1S/C25H36N4O5/c1-17-20(23(30)26-13-19-16-32-11-12-33-19)5-6-22-21(17)15-29(27-22)14-18-7-9-28(10-8-18)24(31)34-25(2,3)4/h5-6,15,18-19H,7-14,16H2,1-4H3,(H,26,30). The molecular weight excluding hydrogens is 436 g/mol. The van der Waals surface area contributed by atoms with Crippen LogP contribution in [0.5, 0.6) is 0 Å². The van der Waals surface area contributed by atoms with Gasteiger partial charge in [-0.3, -0.25) is 9.48 Å². The molecule has 186 valence electrons. The Bertz CT molecular complexity index is 1010. The van der Waals surface area contributed by atoms with E-state index in [2.05, 4.69) is 5.32 Å². The van der Waals surface area contributed by atoms with Gasteiger partial charge in [0.2, 0.25) is 0 Å². The predicted octanol–water partition coefficient (Wildman–Crippen LogP) is 3.14. The van der Waals surface area contributed by atoms with Gasteiger partial charge in [0.05, 0.1) is 31.4 Å². The van der Waals surface area contributed by atoms with Gasteiger partial charge in [0, 0.05) is 43.3 Å². The molecule has 2 aliphatic rings. The molecule has 9 nitrogen and oxygen atoms in total. The lowest BCUT2D eigenvalue weighted by Crippen LogP contribution is -2.42. The number of nitrogens with one attached hydrogen (secondary N) is 1. The van der Waals surface area contributed by atoms with Crippen LogP contribution >= 0.6 is 0 Å². The summed E-state index contributed by atoms with van der Waals surface area (Å²) >= 11 is 0. The van der Waals surface area contributed by atoms with Crippen molar-refractivity contribution < 1.29 is 23.8 Å². The zero-order valence-electron chi connectivity index (χ0n) is 20.6. The van der Waals surface area contributed by atoms with E-state index in [1.165, 1.54) is 0 Å². The molecule has 0 spiro atoms. The van der Waals surface area contributed by atoms with Crippen LogP contribution in [-0.2, 0) is 20.8 Å². The Kier molecular flexibility index (Phi) is 7.42. The number of piperidine rings is 1. The maximum Gasteiger partial charge on any atom is 0.410 e. The Morgan fingerprint density at radius 1 is 1.21 bits per heavy atom. The molecule has 1 unspecified atom stereocenters. The Labute approximate surface area is 200 Å². The summed E-state index contributed by atoms with van der Waals surface area (Å²) in [6.07, 6.45) is 3.51. The number of aromatic nitrogens is 2. The summed E-state index contributed by atoms with van der Waals surface area (Å²) in [6.45, 7) is 11.9. The van der Waals surface area contributed by atoms with E-state index >= 15 is 0 Å². The van der Waals surface area contributed by atoms with Crippen molar-refractivity contribution in [3.05, 3.63) is 29.5 Å². The van der Waals surface area contributed by atoms with Crippen LogP contribution in [0.1, 0.15) is 49.5 Å². The van der Waals surface area contributed by atoms with Gasteiger partial charge in [-0.2, -0.15) is 5.10 Å². The summed E-state index contributed by atoms with van der Waals surface area (Å²) in [4.78, 5) is 26.9. The Balaban J connectivity index is 1.34. The molecular formula is C25H36N4O5. The Morgan fingerprint density at radius 2 is 1.97 bits per heavy atom. The fraction of sp³-hybridized carbons (Fsp3) is 0.640. The highest BCUT2D eigenvalue weighted by Crippen LogP contribution is 2.24. The van der Waals surface area contributed by atoms with E-state index in [0.717, 1.165) is 35.9 Å². The van der Waals surface area contributed by atoms with Crippen molar-refractivity contribution in [3.8, 4) is 0 Å². The van der Waals surface area contributed by atoms with Gasteiger partial charge in [0.15, 0.2) is 0 Å². The predicted molar refractivity (Wildman–Crippen MR) is 128 cm³/mol. The van der Waals surface area contributed by atoms with Crippen LogP contribution in [0.25, 0.3) is 10.9 Å². The number of hydrogen-bond donors (Lipinski definition) is 1. The van der Waals surface area contributed by atoms with E-state index in [9.17, 15) is 9.59 Å². The number of carbonyl (C=O) groups is 2. The molecule has 0 saturated carbocycles. The third-order valence-corrected chi connectivity index (χ3v) is 6.34. The van der Waals surface area contributed by atoms with Gasteiger partial charge >= 0.3 is 6.09 Å². The van der Waals surface area contributed by atoms with Crippen LogP contribution in [-0.4, -0.2) is 77.8 Å². The minimum Gasteiger partial charge on any atom is -0.444 e. The SMILES string of the molecule is Cc1c(C(=O)NCC2COCCO2)ccc2nn(CC3CCN(C(=O)OC(C)(C)C)CC3)cc12. The minimum atomic E-state index is -0.477. The zero-order chi connectivity index (χ0) is 24.3. The number of aryl methyl sites for hydroxylation is 1. The smallest absolute Gasteiger partial charge is 0.410 e. The average molecular weight is 473 g/mol. The minimum absolute atomic E-state index is 0.105. The van der Waals surface area contributed by atoms with Crippen molar-refractivity contribution in [3.63, 3.8) is 0 Å². The number of benzene rings is 1. The second kappa shape index (κ2) is 10.3. The van der Waals surface area contributed by atoms with E-state index in [-0.39, 0.29) is 18.1 Å². The summed E-state index contributed by atoms with van der Waals surface area (Å²) in [6, 6.07) is 3.74. The molecule has 2 aliphatic heterocycles. The average Bonchev–Trinajstić information content (AvgIpc) is 3.21. The molecule has 1 aromatic carbocycles. The maximum absolute atomic E-state index is 12.8. The fourth-order valence-corrected chi connectivity index (χ4v) is 4.47. The van der Waals surface area contributed by atoms with Crippen molar-refractivity contribution in [2.75, 3.05) is 39.5 Å². The molecule has 9 heteroatoms. The van der Waals surface area contributed by atoms with Crippen molar-refractivity contribution in [1.82, 2.24) is 20.0 Å². The van der Waals surface area contributed by atoms with Gasteiger partial charge in [-0.15, -0.1) is 0 Å². The molecule has 4 rings (SSSR count). The molecule has 0 bridgehead atoms. The second-order valence-corrected chi connectivity index (χ2v) is 10.2. The van der Waals surface area contributed by atoms with Crippen LogP contribution in [0.4, 0.5) is 4.79 Å². The van der Waals surface area contributed by atoms with E-state index in [0.29, 0.717) is 50.9 Å². The van der Waals surface area contributed by atoms with Gasteiger partial charge in [0.1, 0.15) is 5.60 Å². The fourth-order valence-electron chi connectivity index (χ4n) is 4.47. The van der Waals surface area contributed by atoms with Gasteiger partial charge in [0.25, 0.3) is 5.91 Å². The quantitative estimate of drug-likeness (QED) is 0.719. The molecule has 1 aromatic heterocycles. The molecule has 2 saturated heterocycles. The molecule has 1 N–H and O–H groups in total. The van der Waals surface area contributed by atoms with Gasteiger partial charge in [-0.05, 0) is 64.2 Å². The number of hydrogen-bond acceptors (Lipinski definition) is 6. The van der Waals surface area contributed by atoms with Gasteiger partial charge < -0.3 is 24.4 Å². The molecule has 2 amide bonds. The van der Waals surface area contributed by atoms with E-state index < -0.39 is 5.60 Å². The van der Waals surface area contributed by atoms with Crippen LogP contribution in [0.3, 0.4) is 0 Å². The van der Waals surface area contributed by atoms with Crippen molar-refractivity contribution in [2.24, 2.45) is 5.92 Å². The highest BCUT2D eigenvalue weighted by molar-refractivity contribution is 6.00. The van der Waals surface area contributed by atoms with Gasteiger partial charge in [-0.25, -0.2) is 4.79 Å². The topological polar surface area (TPSA) is 94.9 Å². The van der Waals surface area contributed by atoms with Crippen molar-refractivity contribution in [1.29, 1.82) is 0 Å². The first kappa shape index (κ1) is 24.5. The molecule has 0 radical (unpaired) electrons.